The number of hydrogen-bond donors (Lipinski definition) is 0. The minimum Gasteiger partial charge on any atom is -0.468 e. The van der Waals surface area contributed by atoms with E-state index in [1.165, 1.54) is 19.2 Å². The SMILES string of the molecule is CCc1nn(CC(=O)OC)c(=O)c2cc3ccc(F)cc3n12. The first-order valence-corrected chi connectivity index (χ1v) is 6.82. The van der Waals surface area contributed by atoms with E-state index in [9.17, 15) is 14.0 Å². The largest absolute Gasteiger partial charge is 0.468 e. The van der Waals surface area contributed by atoms with Crippen molar-refractivity contribution < 1.29 is 13.9 Å². The van der Waals surface area contributed by atoms with Gasteiger partial charge in [0.15, 0.2) is 0 Å². The summed E-state index contributed by atoms with van der Waals surface area (Å²) in [6, 6.07) is 5.99. The predicted octanol–water partition coefficient (Wildman–Crippen LogP) is 1.52. The van der Waals surface area contributed by atoms with Crippen molar-refractivity contribution in [3.63, 3.8) is 0 Å². The maximum atomic E-state index is 13.5. The molecule has 0 aliphatic rings. The van der Waals surface area contributed by atoms with Gasteiger partial charge in [-0.15, -0.1) is 0 Å². The summed E-state index contributed by atoms with van der Waals surface area (Å²) in [5, 5.41) is 4.94. The summed E-state index contributed by atoms with van der Waals surface area (Å²) in [7, 11) is 1.25. The van der Waals surface area contributed by atoms with Crippen LogP contribution in [0.2, 0.25) is 0 Å². The Labute approximate surface area is 124 Å². The van der Waals surface area contributed by atoms with Crippen LogP contribution in [0.3, 0.4) is 0 Å². The normalized spacial score (nSPS) is 11.2. The van der Waals surface area contributed by atoms with Gasteiger partial charge in [0, 0.05) is 11.8 Å². The number of methoxy groups -OCH3 is 1. The van der Waals surface area contributed by atoms with Crippen LogP contribution in [0.4, 0.5) is 4.39 Å². The average molecular weight is 303 g/mol. The number of carbonyl (C=O) groups is 1. The summed E-state index contributed by atoms with van der Waals surface area (Å²) in [4.78, 5) is 23.9. The van der Waals surface area contributed by atoms with Crippen molar-refractivity contribution in [2.24, 2.45) is 0 Å². The van der Waals surface area contributed by atoms with E-state index in [0.717, 1.165) is 10.1 Å². The van der Waals surface area contributed by atoms with E-state index in [1.54, 1.807) is 16.5 Å². The molecule has 0 aliphatic heterocycles. The van der Waals surface area contributed by atoms with Gasteiger partial charge in [0.2, 0.25) is 0 Å². The Morgan fingerprint density at radius 1 is 1.32 bits per heavy atom. The first-order valence-electron chi connectivity index (χ1n) is 6.82. The Balaban J connectivity index is 2.36. The summed E-state index contributed by atoms with van der Waals surface area (Å²) >= 11 is 0. The number of benzene rings is 1. The van der Waals surface area contributed by atoms with Gasteiger partial charge in [-0.05, 0) is 24.3 Å². The van der Waals surface area contributed by atoms with Crippen molar-refractivity contribution in [3.05, 3.63) is 46.3 Å². The Morgan fingerprint density at radius 3 is 2.77 bits per heavy atom. The number of hydrogen-bond acceptors (Lipinski definition) is 4. The van der Waals surface area contributed by atoms with Gasteiger partial charge in [0.25, 0.3) is 5.56 Å². The molecular weight excluding hydrogens is 289 g/mol. The van der Waals surface area contributed by atoms with Crippen LogP contribution in [0.1, 0.15) is 12.7 Å². The number of halogens is 1. The molecule has 6 nitrogen and oxygen atoms in total. The van der Waals surface area contributed by atoms with Crippen LogP contribution in [0.5, 0.6) is 0 Å². The van der Waals surface area contributed by atoms with Crippen molar-refractivity contribution >= 4 is 22.4 Å². The van der Waals surface area contributed by atoms with Gasteiger partial charge in [-0.1, -0.05) is 6.92 Å². The fourth-order valence-corrected chi connectivity index (χ4v) is 2.49. The highest BCUT2D eigenvalue weighted by Crippen LogP contribution is 2.20. The fourth-order valence-electron chi connectivity index (χ4n) is 2.49. The summed E-state index contributed by atoms with van der Waals surface area (Å²) in [6.07, 6.45) is 0.526. The topological polar surface area (TPSA) is 65.6 Å². The van der Waals surface area contributed by atoms with Crippen molar-refractivity contribution in [3.8, 4) is 0 Å². The zero-order valence-corrected chi connectivity index (χ0v) is 12.2. The van der Waals surface area contributed by atoms with E-state index < -0.39 is 11.5 Å². The lowest BCUT2D eigenvalue weighted by atomic mass is 10.2. The zero-order valence-electron chi connectivity index (χ0n) is 12.2. The lowest BCUT2D eigenvalue weighted by Gasteiger charge is -2.09. The van der Waals surface area contributed by atoms with Gasteiger partial charge in [-0.3, -0.25) is 14.0 Å². The molecule has 0 amide bonds. The van der Waals surface area contributed by atoms with Crippen LogP contribution in [0.25, 0.3) is 16.4 Å². The number of rotatable bonds is 3. The highest BCUT2D eigenvalue weighted by Gasteiger charge is 2.15. The first kappa shape index (κ1) is 14.2. The summed E-state index contributed by atoms with van der Waals surface area (Å²) in [6.45, 7) is 1.62. The van der Waals surface area contributed by atoms with E-state index in [-0.39, 0.29) is 12.4 Å². The molecule has 3 aromatic rings. The second-order valence-electron chi connectivity index (χ2n) is 4.88. The smallest absolute Gasteiger partial charge is 0.327 e. The van der Waals surface area contributed by atoms with Gasteiger partial charge in [0.1, 0.15) is 23.7 Å². The van der Waals surface area contributed by atoms with Gasteiger partial charge in [-0.25, -0.2) is 9.07 Å². The molecule has 2 aromatic heterocycles. The van der Waals surface area contributed by atoms with Crippen LogP contribution in [-0.4, -0.2) is 27.3 Å². The fraction of sp³-hybridized carbons (Fsp3) is 0.267. The van der Waals surface area contributed by atoms with E-state index in [0.29, 0.717) is 23.3 Å². The van der Waals surface area contributed by atoms with Crippen molar-refractivity contribution in [1.29, 1.82) is 0 Å². The Morgan fingerprint density at radius 2 is 2.09 bits per heavy atom. The molecule has 0 fully saturated rings. The number of aryl methyl sites for hydroxylation is 1. The van der Waals surface area contributed by atoms with Crippen molar-refractivity contribution in [2.75, 3.05) is 7.11 Å². The molecule has 3 rings (SSSR count). The third kappa shape index (κ3) is 2.14. The molecule has 22 heavy (non-hydrogen) atoms. The summed E-state index contributed by atoms with van der Waals surface area (Å²) in [5.74, 6) is -0.365. The van der Waals surface area contributed by atoms with Gasteiger partial charge in [-0.2, -0.15) is 5.10 Å². The molecule has 2 heterocycles. The maximum absolute atomic E-state index is 13.5. The second-order valence-corrected chi connectivity index (χ2v) is 4.88. The highest BCUT2D eigenvalue weighted by molar-refractivity contribution is 5.87. The third-order valence-electron chi connectivity index (χ3n) is 3.54. The molecular formula is C15H14FN3O3. The number of fused-ring (bicyclic) bond motifs is 3. The molecule has 0 saturated heterocycles. The summed E-state index contributed by atoms with van der Waals surface area (Å²) in [5.41, 5.74) is 0.525. The van der Waals surface area contributed by atoms with Crippen molar-refractivity contribution in [2.45, 2.75) is 19.9 Å². The van der Waals surface area contributed by atoms with Crippen LogP contribution < -0.4 is 5.56 Å². The molecule has 0 radical (unpaired) electrons. The molecule has 7 heteroatoms. The molecule has 1 aromatic carbocycles. The van der Waals surface area contributed by atoms with Crippen molar-refractivity contribution in [1.82, 2.24) is 14.2 Å². The first-order chi connectivity index (χ1) is 10.5. The maximum Gasteiger partial charge on any atom is 0.327 e. The van der Waals surface area contributed by atoms with E-state index in [4.69, 9.17) is 0 Å². The van der Waals surface area contributed by atoms with Crippen LogP contribution >= 0.6 is 0 Å². The lowest BCUT2D eigenvalue weighted by molar-refractivity contribution is -0.141. The average Bonchev–Trinajstić information content (AvgIpc) is 2.89. The van der Waals surface area contributed by atoms with E-state index in [1.807, 2.05) is 6.92 Å². The molecule has 0 N–H and O–H groups in total. The van der Waals surface area contributed by atoms with E-state index >= 15 is 0 Å². The lowest BCUT2D eigenvalue weighted by Crippen LogP contribution is -2.30. The van der Waals surface area contributed by atoms with Crippen LogP contribution in [0, 0.1) is 5.82 Å². The number of esters is 1. The molecule has 0 saturated carbocycles. The Kier molecular flexibility index (Phi) is 3.40. The molecule has 0 atom stereocenters. The molecule has 114 valence electrons. The van der Waals surface area contributed by atoms with Gasteiger partial charge >= 0.3 is 5.97 Å². The molecule has 0 bridgehead atoms. The van der Waals surface area contributed by atoms with Crippen LogP contribution in [0.15, 0.2) is 29.1 Å². The number of nitrogens with zero attached hydrogens (tertiary/aromatic N) is 3. The monoisotopic (exact) mass is 303 g/mol. The molecule has 0 unspecified atom stereocenters. The Bertz CT molecular complexity index is 942. The molecule has 0 aliphatic carbocycles. The third-order valence-corrected chi connectivity index (χ3v) is 3.54. The number of carbonyl (C=O) groups excluding carboxylic acids is 1. The Hall–Kier alpha value is -2.70. The quantitative estimate of drug-likeness (QED) is 0.688. The number of ether oxygens (including phenoxy) is 1. The molecule has 0 spiro atoms. The minimum absolute atomic E-state index is 0.255. The van der Waals surface area contributed by atoms with Gasteiger partial charge in [0.05, 0.1) is 12.6 Å². The van der Waals surface area contributed by atoms with E-state index in [2.05, 4.69) is 9.84 Å². The summed E-state index contributed by atoms with van der Waals surface area (Å²) < 4.78 is 20.8. The predicted molar refractivity (Wildman–Crippen MR) is 78.3 cm³/mol. The number of aromatic nitrogens is 3. The van der Waals surface area contributed by atoms with Crippen LogP contribution in [-0.2, 0) is 22.5 Å². The van der Waals surface area contributed by atoms with Gasteiger partial charge < -0.3 is 4.74 Å². The standard InChI is InChI=1S/C15H14FN3O3/c1-3-13-17-18(8-14(20)22-2)15(21)12-6-9-4-5-10(16)7-11(9)19(12)13/h4-7H,3,8H2,1-2H3. The minimum atomic E-state index is -0.553. The zero-order chi connectivity index (χ0) is 15.9. The highest BCUT2D eigenvalue weighted by atomic mass is 19.1. The second kappa shape index (κ2) is 5.25.